The Bertz CT molecular complexity index is 477. The van der Waals surface area contributed by atoms with Gasteiger partial charge < -0.3 is 5.73 Å². The fourth-order valence-electron chi connectivity index (χ4n) is 1.00. The molecule has 0 saturated carbocycles. The van der Waals surface area contributed by atoms with Crippen molar-refractivity contribution in [2.45, 2.75) is 13.0 Å². The van der Waals surface area contributed by atoms with E-state index in [1.165, 1.54) is 6.92 Å². The minimum Gasteiger partial charge on any atom is -0.399 e. The zero-order valence-electron chi connectivity index (χ0n) is 8.77. The molecule has 9 heteroatoms. The third kappa shape index (κ3) is 7.58. The second-order valence-electron chi connectivity index (χ2n) is 2.90. The van der Waals surface area contributed by atoms with Gasteiger partial charge in [0.25, 0.3) is 0 Å². The molecule has 0 heterocycles. The average molecular weight is 281 g/mol. The molecule has 7 nitrogen and oxygen atoms in total. The normalized spacial score (nSPS) is 12.1. The Morgan fingerprint density at radius 3 is 2.06 bits per heavy atom. The van der Waals surface area contributed by atoms with Crippen molar-refractivity contribution >= 4 is 27.7 Å². The number of hydrogen-bond donors (Lipinski definition) is 2. The van der Waals surface area contributed by atoms with Gasteiger partial charge in [0.2, 0.25) is 0 Å². The average Bonchev–Trinajstić information content (AvgIpc) is 2.17. The van der Waals surface area contributed by atoms with Crippen molar-refractivity contribution in [2.24, 2.45) is 0 Å². The van der Waals surface area contributed by atoms with E-state index >= 15 is 0 Å². The van der Waals surface area contributed by atoms with Crippen LogP contribution in [0.25, 0.3) is 0 Å². The van der Waals surface area contributed by atoms with E-state index in [4.69, 9.17) is 18.7 Å². The minimum atomic E-state index is -4.41. The summed E-state index contributed by atoms with van der Waals surface area (Å²) in [5.41, 5.74) is 6.64. The lowest BCUT2D eigenvalue weighted by Gasteiger charge is -2.09. The summed E-state index contributed by atoms with van der Waals surface area (Å²) in [4.78, 5) is 0. The Kier molecular flexibility index (Phi) is 6.58. The standard InChI is InChI=1S/C8H11NO4S.O2S/c1-6(13-14(10,11)12)7-2-4-8(9)5-3-7;1-3-2/h2-6H,9H2,1H3,(H,10,11,12);. The SMILES string of the molecule is CC(OS(=O)(=O)O)c1ccc(N)cc1.O=S=O. The Labute approximate surface area is 102 Å². The van der Waals surface area contributed by atoms with Gasteiger partial charge in [-0.05, 0) is 24.6 Å². The molecule has 0 aliphatic rings. The summed E-state index contributed by atoms with van der Waals surface area (Å²) in [6.07, 6.45) is -0.731. The predicted octanol–water partition coefficient (Wildman–Crippen LogP) is 0.479. The Hall–Kier alpha value is -1.29. The van der Waals surface area contributed by atoms with Crippen LogP contribution in [0.4, 0.5) is 5.69 Å². The van der Waals surface area contributed by atoms with Gasteiger partial charge >= 0.3 is 22.0 Å². The van der Waals surface area contributed by atoms with Crippen molar-refractivity contribution in [1.82, 2.24) is 0 Å². The maximum atomic E-state index is 10.4. The van der Waals surface area contributed by atoms with Gasteiger partial charge in [-0.25, -0.2) is 4.18 Å². The molecule has 1 rings (SSSR count). The quantitative estimate of drug-likeness (QED) is 0.609. The summed E-state index contributed by atoms with van der Waals surface area (Å²) in [6.45, 7) is 1.51. The molecule has 0 bridgehead atoms. The maximum Gasteiger partial charge on any atom is 0.397 e. The highest BCUT2D eigenvalue weighted by molar-refractivity contribution is 7.80. The first-order chi connectivity index (χ1) is 7.80. The third-order valence-corrected chi connectivity index (χ3v) is 2.20. The summed E-state index contributed by atoms with van der Waals surface area (Å²) in [5, 5.41) is 0. The lowest BCUT2D eigenvalue weighted by molar-refractivity contribution is 0.201. The number of rotatable bonds is 3. The number of hydrogen-bond acceptors (Lipinski definition) is 6. The van der Waals surface area contributed by atoms with Gasteiger partial charge in [0.15, 0.2) is 0 Å². The zero-order valence-corrected chi connectivity index (χ0v) is 10.4. The van der Waals surface area contributed by atoms with Crippen LogP contribution in [0.15, 0.2) is 24.3 Å². The highest BCUT2D eigenvalue weighted by Crippen LogP contribution is 2.19. The van der Waals surface area contributed by atoms with E-state index in [9.17, 15) is 8.42 Å². The smallest absolute Gasteiger partial charge is 0.397 e. The highest BCUT2D eigenvalue weighted by atomic mass is 32.3. The van der Waals surface area contributed by atoms with Gasteiger partial charge in [0.05, 0.1) is 0 Å². The van der Waals surface area contributed by atoms with Crippen molar-refractivity contribution in [3.05, 3.63) is 29.8 Å². The van der Waals surface area contributed by atoms with E-state index in [1.54, 1.807) is 24.3 Å². The van der Waals surface area contributed by atoms with E-state index < -0.39 is 28.1 Å². The van der Waals surface area contributed by atoms with Crippen molar-refractivity contribution in [1.29, 1.82) is 0 Å². The van der Waals surface area contributed by atoms with Gasteiger partial charge in [-0.2, -0.15) is 16.8 Å². The first kappa shape index (κ1) is 15.7. The molecular formula is C8H11NO6S2. The van der Waals surface area contributed by atoms with Crippen molar-refractivity contribution in [3.63, 3.8) is 0 Å². The largest absolute Gasteiger partial charge is 0.399 e. The van der Waals surface area contributed by atoms with Gasteiger partial charge in [0, 0.05) is 5.69 Å². The van der Waals surface area contributed by atoms with Crippen LogP contribution in [0, 0.1) is 0 Å². The lowest BCUT2D eigenvalue weighted by Crippen LogP contribution is -2.08. The van der Waals surface area contributed by atoms with Gasteiger partial charge in [-0.15, -0.1) is 0 Å². The second kappa shape index (κ2) is 7.12. The fourth-order valence-corrected chi connectivity index (χ4v) is 1.48. The van der Waals surface area contributed by atoms with Gasteiger partial charge in [0.1, 0.15) is 6.10 Å². The van der Waals surface area contributed by atoms with Crippen LogP contribution in [0.2, 0.25) is 0 Å². The first-order valence-corrected chi connectivity index (χ1v) is 6.26. The number of nitrogens with two attached hydrogens (primary N) is 1. The summed E-state index contributed by atoms with van der Waals surface area (Å²) in [5.74, 6) is 0. The topological polar surface area (TPSA) is 124 Å². The summed E-state index contributed by atoms with van der Waals surface area (Å²) >= 11 is -0.750. The molecular weight excluding hydrogens is 270 g/mol. The van der Waals surface area contributed by atoms with Crippen LogP contribution in [0.5, 0.6) is 0 Å². The van der Waals surface area contributed by atoms with Crippen LogP contribution in [-0.4, -0.2) is 21.4 Å². The summed E-state index contributed by atoms with van der Waals surface area (Å²) in [6, 6.07) is 6.51. The fraction of sp³-hybridized carbons (Fsp3) is 0.250. The zero-order chi connectivity index (χ0) is 13.5. The molecule has 1 aromatic rings. The molecule has 1 unspecified atom stereocenters. The van der Waals surface area contributed by atoms with Gasteiger partial charge in [-0.3, -0.25) is 4.55 Å². The molecule has 17 heavy (non-hydrogen) atoms. The van der Waals surface area contributed by atoms with Crippen LogP contribution < -0.4 is 5.73 Å². The van der Waals surface area contributed by atoms with Crippen LogP contribution in [-0.2, 0) is 26.2 Å². The van der Waals surface area contributed by atoms with Crippen molar-refractivity contribution in [2.75, 3.05) is 5.73 Å². The second-order valence-corrected chi connectivity index (χ2v) is 4.08. The number of nitrogen functional groups attached to an aromatic ring is 1. The molecule has 0 aliphatic heterocycles. The molecule has 0 radical (unpaired) electrons. The maximum absolute atomic E-state index is 10.4. The molecule has 0 aliphatic carbocycles. The first-order valence-electron chi connectivity index (χ1n) is 4.23. The summed E-state index contributed by atoms with van der Waals surface area (Å²) in [7, 11) is -4.41. The van der Waals surface area contributed by atoms with Gasteiger partial charge in [-0.1, -0.05) is 12.1 Å². The van der Waals surface area contributed by atoms with Crippen LogP contribution >= 0.6 is 0 Å². The monoisotopic (exact) mass is 281 g/mol. The molecule has 1 atom stereocenters. The molecule has 0 saturated heterocycles. The Balaban J connectivity index is 0.000000770. The molecule has 0 spiro atoms. The van der Waals surface area contributed by atoms with Crippen LogP contribution in [0.3, 0.4) is 0 Å². The number of anilines is 1. The molecule has 0 fully saturated rings. The minimum absolute atomic E-state index is 0.577. The predicted molar refractivity (Wildman–Crippen MR) is 60.8 cm³/mol. The third-order valence-electron chi connectivity index (χ3n) is 1.67. The van der Waals surface area contributed by atoms with E-state index in [2.05, 4.69) is 4.18 Å². The van der Waals surface area contributed by atoms with Crippen molar-refractivity contribution in [3.8, 4) is 0 Å². The van der Waals surface area contributed by atoms with E-state index in [-0.39, 0.29) is 0 Å². The molecule has 0 amide bonds. The van der Waals surface area contributed by atoms with Crippen LogP contribution in [0.1, 0.15) is 18.6 Å². The number of benzene rings is 1. The highest BCUT2D eigenvalue weighted by Gasteiger charge is 2.13. The molecule has 1 aromatic carbocycles. The lowest BCUT2D eigenvalue weighted by atomic mass is 10.1. The Morgan fingerprint density at radius 1 is 1.29 bits per heavy atom. The Morgan fingerprint density at radius 2 is 1.71 bits per heavy atom. The molecule has 96 valence electrons. The molecule has 3 N–H and O–H groups in total. The molecule has 0 aromatic heterocycles. The summed E-state index contributed by atoms with van der Waals surface area (Å²) < 4.78 is 50.1. The van der Waals surface area contributed by atoms with E-state index in [0.717, 1.165) is 0 Å². The van der Waals surface area contributed by atoms with E-state index in [1.807, 2.05) is 0 Å². The van der Waals surface area contributed by atoms with Crippen molar-refractivity contribution < 1.29 is 25.6 Å². The van der Waals surface area contributed by atoms with E-state index in [0.29, 0.717) is 11.3 Å².